The van der Waals surface area contributed by atoms with Crippen LogP contribution in [-0.2, 0) is 30.3 Å². The Morgan fingerprint density at radius 2 is 1.80 bits per heavy atom. The molecule has 2 aromatic rings. The standard InChI is InChI=1S/C22H32N2O7.C9H19NO.C4H4O4/c1-5-29-14-7-6-13(12(4)8-14)9-15-17(11(2)3)23-24-21(15)31-22-20(28)19(27)18(26)16(10-25)30-22;1-4-5-6-7-9(2,3)8(10)11;5-3-8-2-1-4(6)7/h6-8,11,16,18-20,22,25-28H,5,9-10H2,1-4H3,(H,23,24);4-7H2,1-3H3,(H2,10,11);1-3H,(H,6,7)/b;;2-1+/t16?,18-,19-,20?,22+;;/m1../s1. The topological polar surface area (TPSA) is 244 Å². The highest BCUT2D eigenvalue weighted by molar-refractivity contribution is 5.80. The molecule has 5 atom stereocenters. The maximum Gasteiger partial charge on any atom is 0.331 e. The number of nitrogens with one attached hydrogen (secondary N) is 1. The molecule has 15 nitrogen and oxygen atoms in total. The van der Waals surface area contributed by atoms with E-state index in [-0.39, 0.29) is 29.6 Å². The smallest absolute Gasteiger partial charge is 0.331 e. The van der Waals surface area contributed by atoms with Gasteiger partial charge in [0.1, 0.15) is 36.4 Å². The van der Waals surface area contributed by atoms with Crippen LogP contribution in [0, 0.1) is 12.3 Å². The van der Waals surface area contributed by atoms with Gasteiger partial charge in [-0.3, -0.25) is 14.7 Å². The second-order valence-electron chi connectivity index (χ2n) is 12.7. The number of aliphatic hydroxyl groups excluding tert-OH is 4. The van der Waals surface area contributed by atoms with E-state index in [0.717, 1.165) is 47.2 Å². The van der Waals surface area contributed by atoms with Gasteiger partial charge in [0, 0.05) is 23.1 Å². The second kappa shape index (κ2) is 21.9. The van der Waals surface area contributed by atoms with Gasteiger partial charge in [-0.05, 0) is 49.4 Å². The average molecular weight is 710 g/mol. The van der Waals surface area contributed by atoms with E-state index in [1.54, 1.807) is 0 Å². The summed E-state index contributed by atoms with van der Waals surface area (Å²) in [6, 6.07) is 5.89. The Morgan fingerprint density at radius 3 is 2.32 bits per heavy atom. The van der Waals surface area contributed by atoms with Gasteiger partial charge in [0.25, 0.3) is 6.47 Å². The maximum atomic E-state index is 10.8. The quantitative estimate of drug-likeness (QED) is 0.0575. The van der Waals surface area contributed by atoms with E-state index >= 15 is 0 Å². The normalized spacial score (nSPS) is 20.3. The molecule has 50 heavy (non-hydrogen) atoms. The van der Waals surface area contributed by atoms with Crippen LogP contribution < -0.4 is 15.2 Å². The number of H-pyrrole nitrogens is 1. The van der Waals surface area contributed by atoms with E-state index in [9.17, 15) is 34.8 Å². The fourth-order valence-corrected chi connectivity index (χ4v) is 4.77. The Labute approximate surface area is 293 Å². The van der Waals surface area contributed by atoms with Gasteiger partial charge >= 0.3 is 5.97 Å². The fourth-order valence-electron chi connectivity index (χ4n) is 4.77. The summed E-state index contributed by atoms with van der Waals surface area (Å²) in [5.74, 6) is -0.155. The highest BCUT2D eigenvalue weighted by atomic mass is 16.7. The molecular formula is C35H55N3O12. The number of rotatable bonds is 16. The number of hydrogen-bond acceptors (Lipinski definition) is 12. The van der Waals surface area contributed by atoms with Crippen LogP contribution in [0.1, 0.15) is 95.5 Å². The Kier molecular flexibility index (Phi) is 19.3. The number of aliphatic hydroxyl groups is 4. The minimum Gasteiger partial charge on any atom is -0.494 e. The summed E-state index contributed by atoms with van der Waals surface area (Å²) in [5.41, 5.74) is 8.71. The third kappa shape index (κ3) is 14.1. The molecule has 2 unspecified atom stereocenters. The van der Waals surface area contributed by atoms with Crippen molar-refractivity contribution in [2.24, 2.45) is 11.1 Å². The number of amides is 1. The number of carboxylic acids is 1. The molecule has 2 heterocycles. The monoisotopic (exact) mass is 709 g/mol. The number of hydrogen-bond donors (Lipinski definition) is 7. The van der Waals surface area contributed by atoms with E-state index in [1.165, 1.54) is 12.8 Å². The molecule has 0 bridgehead atoms. The Morgan fingerprint density at radius 1 is 1.12 bits per heavy atom. The first kappa shape index (κ1) is 44.0. The molecule has 1 aliphatic rings. The molecule has 1 aromatic heterocycles. The van der Waals surface area contributed by atoms with Crippen molar-refractivity contribution in [3.8, 4) is 11.6 Å². The molecule has 0 spiro atoms. The lowest BCUT2D eigenvalue weighted by atomic mass is 9.86. The molecule has 0 aliphatic carbocycles. The molecule has 3 rings (SSSR count). The average Bonchev–Trinajstić information content (AvgIpc) is 3.45. The van der Waals surface area contributed by atoms with E-state index < -0.39 is 43.3 Å². The Hall–Kier alpha value is -4.02. The molecule has 282 valence electrons. The van der Waals surface area contributed by atoms with Crippen molar-refractivity contribution in [2.75, 3.05) is 13.2 Å². The van der Waals surface area contributed by atoms with Crippen LogP contribution in [0.2, 0.25) is 0 Å². The van der Waals surface area contributed by atoms with Crippen molar-refractivity contribution in [1.29, 1.82) is 0 Å². The molecule has 1 amide bonds. The van der Waals surface area contributed by atoms with Crippen molar-refractivity contribution in [2.45, 2.75) is 117 Å². The van der Waals surface area contributed by atoms with Gasteiger partial charge in [0.2, 0.25) is 18.1 Å². The summed E-state index contributed by atoms with van der Waals surface area (Å²) >= 11 is 0. The molecular weight excluding hydrogens is 654 g/mol. The van der Waals surface area contributed by atoms with Crippen LogP contribution in [-0.4, -0.2) is 98.0 Å². The third-order valence-electron chi connectivity index (χ3n) is 7.92. The molecule has 1 saturated heterocycles. The molecule has 0 saturated carbocycles. The fraction of sp³-hybridized carbons (Fsp3) is 0.600. The van der Waals surface area contributed by atoms with Gasteiger partial charge in [-0.2, -0.15) is 0 Å². The number of benzene rings is 1. The second-order valence-corrected chi connectivity index (χ2v) is 12.7. The summed E-state index contributed by atoms with van der Waals surface area (Å²) in [6.45, 7) is 14.2. The summed E-state index contributed by atoms with van der Waals surface area (Å²) in [5, 5.41) is 54.8. The van der Waals surface area contributed by atoms with Crippen molar-refractivity contribution in [3.05, 3.63) is 52.9 Å². The zero-order valence-corrected chi connectivity index (χ0v) is 30.0. The zero-order valence-electron chi connectivity index (χ0n) is 30.0. The molecule has 15 heteroatoms. The Bertz CT molecular complexity index is 1360. The summed E-state index contributed by atoms with van der Waals surface area (Å²) < 4.78 is 20.8. The van der Waals surface area contributed by atoms with Gasteiger partial charge in [-0.15, -0.1) is 5.10 Å². The summed E-state index contributed by atoms with van der Waals surface area (Å²) in [4.78, 5) is 29.7. The molecule has 1 aromatic carbocycles. The first-order valence-corrected chi connectivity index (χ1v) is 16.6. The number of aliphatic carboxylic acids is 1. The predicted molar refractivity (Wildman–Crippen MR) is 183 cm³/mol. The lowest BCUT2D eigenvalue weighted by molar-refractivity contribution is -0.278. The van der Waals surface area contributed by atoms with Crippen LogP contribution in [0.5, 0.6) is 11.6 Å². The third-order valence-corrected chi connectivity index (χ3v) is 7.92. The number of primary amides is 1. The number of unbranched alkanes of at least 4 members (excludes halogenated alkanes) is 2. The number of aromatic amines is 1. The highest BCUT2D eigenvalue weighted by Gasteiger charge is 2.45. The number of nitrogens with zero attached hydrogens (tertiary/aromatic N) is 1. The van der Waals surface area contributed by atoms with Gasteiger partial charge in [0.15, 0.2) is 0 Å². The van der Waals surface area contributed by atoms with E-state index in [1.807, 2.05) is 59.7 Å². The van der Waals surface area contributed by atoms with E-state index in [4.69, 9.17) is 25.1 Å². The number of aryl methyl sites for hydroxylation is 1. The van der Waals surface area contributed by atoms with Gasteiger partial charge in [-0.25, -0.2) is 4.79 Å². The zero-order chi connectivity index (χ0) is 38.0. The van der Waals surface area contributed by atoms with Gasteiger partial charge < -0.3 is 50.2 Å². The summed E-state index contributed by atoms with van der Waals surface area (Å²) in [6.07, 6.45) is -0.389. The molecule has 1 fully saturated rings. The molecule has 8 N–H and O–H groups in total. The maximum absolute atomic E-state index is 10.8. The predicted octanol–water partition coefficient (Wildman–Crippen LogP) is 2.85. The van der Waals surface area contributed by atoms with Crippen LogP contribution in [0.4, 0.5) is 0 Å². The SMILES string of the molecule is CCCCCC(C)(C)C(N)=O.CCOc1ccc(Cc2c(O[C@@H]3OC(CO)[C@@H](O)[C@@H](O)C3O)n[nH]c2C(C)C)c(C)c1.O=CO/C=C/C(=O)O. The van der Waals surface area contributed by atoms with Crippen LogP contribution in [0.15, 0.2) is 30.5 Å². The number of carbonyl (C=O) groups excluding carboxylic acids is 2. The van der Waals surface area contributed by atoms with Crippen molar-refractivity contribution < 1.29 is 58.9 Å². The summed E-state index contributed by atoms with van der Waals surface area (Å²) in [7, 11) is 0. The number of carbonyl (C=O) groups is 3. The number of ether oxygens (including phenoxy) is 4. The van der Waals surface area contributed by atoms with E-state index in [0.29, 0.717) is 19.1 Å². The molecule has 0 radical (unpaired) electrons. The minimum atomic E-state index is -1.52. The van der Waals surface area contributed by atoms with E-state index in [2.05, 4.69) is 21.9 Å². The van der Waals surface area contributed by atoms with Crippen LogP contribution in [0.3, 0.4) is 0 Å². The van der Waals surface area contributed by atoms with Gasteiger partial charge in [0.05, 0.1) is 19.3 Å². The van der Waals surface area contributed by atoms with Crippen molar-refractivity contribution in [1.82, 2.24) is 10.2 Å². The lowest BCUT2D eigenvalue weighted by Crippen LogP contribution is -2.60. The van der Waals surface area contributed by atoms with Gasteiger partial charge in [-0.1, -0.05) is 59.9 Å². The largest absolute Gasteiger partial charge is 0.494 e. The number of aromatic nitrogens is 2. The first-order chi connectivity index (χ1) is 23.5. The van der Waals surface area contributed by atoms with Crippen LogP contribution >= 0.6 is 0 Å². The van der Waals surface area contributed by atoms with Crippen molar-refractivity contribution >= 4 is 18.3 Å². The first-order valence-electron chi connectivity index (χ1n) is 16.6. The van der Waals surface area contributed by atoms with Crippen molar-refractivity contribution in [3.63, 3.8) is 0 Å². The number of nitrogens with two attached hydrogens (primary N) is 1. The highest BCUT2D eigenvalue weighted by Crippen LogP contribution is 2.32. The minimum absolute atomic E-state index is 0.137. The Balaban J connectivity index is 0.000000540. The van der Waals surface area contributed by atoms with Crippen LogP contribution in [0.25, 0.3) is 0 Å². The molecule has 1 aliphatic heterocycles. The number of carboxylic acid groups (broad SMARTS) is 1. The lowest BCUT2D eigenvalue weighted by Gasteiger charge is -2.39.